The standard InChI is InChI=1S/C30H44N4O4S2/c1-3-5-7-12-21-33(22-13-8-6-4-2)23-24-34(25-26-15-10-9-11-16-26)40(37,38)29-18-14-17-28-27(29)19-20-32-30(28)39(31,35)36/h9-11,14-20H,3-8,12-13,21-25H2,1-2H3,(H2,31,35,36). The smallest absolute Gasteiger partial charge is 0.256 e. The molecule has 0 aliphatic carbocycles. The van der Waals surface area contributed by atoms with E-state index in [2.05, 4.69) is 23.7 Å². The molecule has 0 radical (unpaired) electrons. The van der Waals surface area contributed by atoms with E-state index in [4.69, 9.17) is 5.14 Å². The van der Waals surface area contributed by atoms with Crippen LogP contribution in [0.3, 0.4) is 0 Å². The second kappa shape index (κ2) is 15.6. The molecule has 1 heterocycles. The van der Waals surface area contributed by atoms with Gasteiger partial charge in [-0.2, -0.15) is 4.31 Å². The van der Waals surface area contributed by atoms with Crippen LogP contribution >= 0.6 is 0 Å². The van der Waals surface area contributed by atoms with Gasteiger partial charge in [0.2, 0.25) is 10.0 Å². The Bertz CT molecular complexity index is 1400. The van der Waals surface area contributed by atoms with E-state index in [1.165, 1.54) is 67.2 Å². The maximum absolute atomic E-state index is 14.2. The minimum atomic E-state index is -4.13. The largest absolute Gasteiger partial charge is 0.302 e. The van der Waals surface area contributed by atoms with Gasteiger partial charge in [-0.1, -0.05) is 94.8 Å². The van der Waals surface area contributed by atoms with Gasteiger partial charge in [-0.3, -0.25) is 0 Å². The van der Waals surface area contributed by atoms with Crippen molar-refractivity contribution in [2.45, 2.75) is 81.7 Å². The molecule has 3 aromatic rings. The van der Waals surface area contributed by atoms with E-state index in [1.807, 2.05) is 30.3 Å². The van der Waals surface area contributed by atoms with Gasteiger partial charge >= 0.3 is 0 Å². The summed E-state index contributed by atoms with van der Waals surface area (Å²) in [7, 11) is -8.13. The molecule has 0 fully saturated rings. The number of hydrogen-bond donors (Lipinski definition) is 1. The average Bonchev–Trinajstić information content (AvgIpc) is 2.94. The Morgan fingerprint density at radius 2 is 1.35 bits per heavy atom. The Morgan fingerprint density at radius 3 is 1.95 bits per heavy atom. The van der Waals surface area contributed by atoms with Crippen molar-refractivity contribution in [1.29, 1.82) is 0 Å². The quantitative estimate of drug-likeness (QED) is 0.195. The van der Waals surface area contributed by atoms with Gasteiger partial charge in [0.1, 0.15) is 0 Å². The Hall–Kier alpha value is -2.37. The van der Waals surface area contributed by atoms with Crippen molar-refractivity contribution in [3.05, 3.63) is 66.4 Å². The van der Waals surface area contributed by atoms with Crippen LogP contribution in [0.1, 0.15) is 70.8 Å². The fourth-order valence-corrected chi connectivity index (χ4v) is 7.24. The zero-order chi connectivity index (χ0) is 29.0. The van der Waals surface area contributed by atoms with Crippen molar-refractivity contribution in [3.63, 3.8) is 0 Å². The van der Waals surface area contributed by atoms with Crippen LogP contribution in [0.2, 0.25) is 0 Å². The van der Waals surface area contributed by atoms with Crippen molar-refractivity contribution in [2.75, 3.05) is 26.2 Å². The molecular weight excluding hydrogens is 544 g/mol. The zero-order valence-electron chi connectivity index (χ0n) is 23.8. The van der Waals surface area contributed by atoms with Crippen molar-refractivity contribution in [1.82, 2.24) is 14.2 Å². The summed E-state index contributed by atoms with van der Waals surface area (Å²) >= 11 is 0. The predicted molar refractivity (Wildman–Crippen MR) is 162 cm³/mol. The number of unbranched alkanes of at least 4 members (excludes halogenated alkanes) is 6. The van der Waals surface area contributed by atoms with Crippen LogP contribution in [-0.2, 0) is 26.6 Å². The molecule has 0 unspecified atom stereocenters. The first-order valence-electron chi connectivity index (χ1n) is 14.4. The van der Waals surface area contributed by atoms with Gasteiger partial charge < -0.3 is 4.90 Å². The molecule has 0 aliphatic rings. The number of rotatable bonds is 18. The van der Waals surface area contributed by atoms with Gasteiger partial charge in [0.05, 0.1) is 4.90 Å². The molecule has 0 amide bonds. The van der Waals surface area contributed by atoms with Gasteiger partial charge in [-0.05, 0) is 43.6 Å². The number of fused-ring (bicyclic) bond motifs is 1. The predicted octanol–water partition coefficient (Wildman–Crippen LogP) is 5.54. The highest BCUT2D eigenvalue weighted by molar-refractivity contribution is 7.89. The van der Waals surface area contributed by atoms with Crippen LogP contribution < -0.4 is 5.14 Å². The fourth-order valence-electron chi connectivity index (χ4n) is 4.93. The zero-order valence-corrected chi connectivity index (χ0v) is 25.5. The van der Waals surface area contributed by atoms with Gasteiger partial charge in [0.15, 0.2) is 5.03 Å². The number of benzene rings is 2. The summed E-state index contributed by atoms with van der Waals surface area (Å²) in [6, 6.07) is 15.7. The third-order valence-corrected chi connectivity index (χ3v) is 9.91. The lowest BCUT2D eigenvalue weighted by Crippen LogP contribution is -2.39. The molecule has 2 N–H and O–H groups in total. The molecule has 0 saturated carbocycles. The molecule has 3 rings (SSSR count). The van der Waals surface area contributed by atoms with E-state index in [9.17, 15) is 16.8 Å². The minimum Gasteiger partial charge on any atom is -0.302 e. The maximum atomic E-state index is 14.2. The summed E-state index contributed by atoms with van der Waals surface area (Å²) in [5.74, 6) is 0. The molecule has 1 aromatic heterocycles. The number of hydrogen-bond acceptors (Lipinski definition) is 6. The second-order valence-corrected chi connectivity index (χ2v) is 13.7. The summed E-state index contributed by atoms with van der Waals surface area (Å²) in [5.41, 5.74) is 0.885. The first kappa shape index (κ1) is 32.1. The highest BCUT2D eigenvalue weighted by Crippen LogP contribution is 2.29. The molecule has 0 aliphatic heterocycles. The summed E-state index contributed by atoms with van der Waals surface area (Å²) in [6.45, 7) is 7.45. The van der Waals surface area contributed by atoms with E-state index in [0.717, 1.165) is 31.5 Å². The van der Waals surface area contributed by atoms with Gasteiger partial charge in [-0.25, -0.2) is 27.0 Å². The van der Waals surface area contributed by atoms with Crippen LogP contribution in [0.5, 0.6) is 0 Å². The van der Waals surface area contributed by atoms with Crippen molar-refractivity contribution in [3.8, 4) is 0 Å². The monoisotopic (exact) mass is 588 g/mol. The average molecular weight is 589 g/mol. The first-order valence-corrected chi connectivity index (χ1v) is 17.3. The van der Waals surface area contributed by atoms with E-state index in [-0.39, 0.29) is 27.2 Å². The maximum Gasteiger partial charge on any atom is 0.256 e. The lowest BCUT2D eigenvalue weighted by atomic mass is 10.1. The molecule has 0 saturated heterocycles. The number of pyridine rings is 1. The van der Waals surface area contributed by atoms with Crippen LogP contribution in [0.15, 0.2) is 70.7 Å². The molecule has 8 nitrogen and oxygen atoms in total. The SMILES string of the molecule is CCCCCCN(CCCCCC)CCN(Cc1ccccc1)S(=O)(=O)c1cccc2c(S(N)(=O)=O)nccc12. The molecule has 0 bridgehead atoms. The van der Waals surface area contributed by atoms with E-state index in [0.29, 0.717) is 13.1 Å². The number of nitrogens with two attached hydrogens (primary N) is 1. The summed E-state index contributed by atoms with van der Waals surface area (Å²) in [4.78, 5) is 6.37. The van der Waals surface area contributed by atoms with Gasteiger partial charge in [0, 0.05) is 36.6 Å². The molecule has 0 spiro atoms. The van der Waals surface area contributed by atoms with Crippen LogP contribution in [0.25, 0.3) is 10.8 Å². The van der Waals surface area contributed by atoms with Gasteiger partial charge in [0.25, 0.3) is 10.0 Å². The number of primary sulfonamides is 1. The molecule has 10 heteroatoms. The van der Waals surface area contributed by atoms with E-state index < -0.39 is 20.0 Å². The number of aromatic nitrogens is 1. The molecule has 2 aromatic carbocycles. The Kier molecular flexibility index (Phi) is 12.5. The summed E-state index contributed by atoms with van der Waals surface area (Å²) < 4.78 is 54.3. The van der Waals surface area contributed by atoms with E-state index >= 15 is 0 Å². The van der Waals surface area contributed by atoms with E-state index in [1.54, 1.807) is 6.07 Å². The molecular formula is C30H44N4O4S2. The number of nitrogens with zero attached hydrogens (tertiary/aromatic N) is 3. The Morgan fingerprint density at radius 1 is 0.700 bits per heavy atom. The topological polar surface area (TPSA) is 114 Å². The first-order chi connectivity index (χ1) is 19.2. The second-order valence-electron chi connectivity index (χ2n) is 10.3. The normalized spacial score (nSPS) is 12.5. The third-order valence-electron chi connectivity index (χ3n) is 7.14. The van der Waals surface area contributed by atoms with Crippen LogP contribution in [0.4, 0.5) is 0 Å². The van der Waals surface area contributed by atoms with Crippen molar-refractivity contribution < 1.29 is 16.8 Å². The molecule has 0 atom stereocenters. The Labute approximate surface area is 240 Å². The summed E-state index contributed by atoms with van der Waals surface area (Å²) in [5, 5.41) is 5.54. The van der Waals surface area contributed by atoms with Crippen molar-refractivity contribution >= 4 is 30.8 Å². The fraction of sp³-hybridized carbons (Fsp3) is 0.500. The molecule has 220 valence electrons. The highest BCUT2D eigenvalue weighted by atomic mass is 32.2. The van der Waals surface area contributed by atoms with Crippen molar-refractivity contribution in [2.24, 2.45) is 5.14 Å². The molecule has 40 heavy (non-hydrogen) atoms. The third kappa shape index (κ3) is 9.07. The lowest BCUT2D eigenvalue weighted by Gasteiger charge is -2.28. The van der Waals surface area contributed by atoms with Crippen LogP contribution in [-0.4, -0.2) is 57.2 Å². The highest BCUT2D eigenvalue weighted by Gasteiger charge is 2.28. The lowest BCUT2D eigenvalue weighted by molar-refractivity contribution is 0.237. The van der Waals surface area contributed by atoms with Gasteiger partial charge in [-0.15, -0.1) is 0 Å². The Balaban J connectivity index is 1.93. The minimum absolute atomic E-state index is 0.0469. The number of sulfonamides is 2. The summed E-state index contributed by atoms with van der Waals surface area (Å²) in [6.07, 6.45) is 10.6. The van der Waals surface area contributed by atoms with Crippen LogP contribution in [0, 0.1) is 0 Å².